The number of imidazole rings is 1. The molecule has 2 unspecified atom stereocenters. The average molecular weight is 267 g/mol. The Balaban J connectivity index is 1.99. The summed E-state index contributed by atoms with van der Waals surface area (Å²) in [4.78, 5) is 6.80. The summed E-state index contributed by atoms with van der Waals surface area (Å²) in [5.41, 5.74) is 2.90. The van der Waals surface area contributed by atoms with E-state index in [-0.39, 0.29) is 12.1 Å². The maximum Gasteiger partial charge on any atom is 0.110 e. The van der Waals surface area contributed by atoms with E-state index in [4.69, 9.17) is 10.6 Å². The number of hydrogen-bond donors (Lipinski definition) is 2. The molecule has 0 aliphatic carbocycles. The van der Waals surface area contributed by atoms with Gasteiger partial charge in [-0.05, 0) is 13.5 Å². The van der Waals surface area contributed by atoms with Crippen molar-refractivity contribution in [3.8, 4) is 0 Å². The van der Waals surface area contributed by atoms with Crippen LogP contribution in [0.2, 0.25) is 0 Å². The quantitative estimate of drug-likeness (QED) is 0.561. The molecule has 0 spiro atoms. The summed E-state index contributed by atoms with van der Waals surface area (Å²) in [6.07, 6.45) is 4.76. The highest BCUT2D eigenvalue weighted by molar-refractivity contribution is 4.98. The molecule has 0 saturated carbocycles. The Labute approximate surface area is 114 Å². The van der Waals surface area contributed by atoms with E-state index in [2.05, 4.69) is 33.7 Å². The average Bonchev–Trinajstić information content (AvgIpc) is 2.92. The van der Waals surface area contributed by atoms with Crippen LogP contribution in [-0.4, -0.2) is 52.8 Å². The summed E-state index contributed by atoms with van der Waals surface area (Å²) in [5.74, 6) is 6.77. The van der Waals surface area contributed by atoms with Crippen molar-refractivity contribution >= 4 is 0 Å². The highest BCUT2D eigenvalue weighted by Gasteiger charge is 2.28. The van der Waals surface area contributed by atoms with Gasteiger partial charge in [-0.3, -0.25) is 16.2 Å². The minimum Gasteiger partial charge on any atom is -0.374 e. The molecule has 1 aliphatic heterocycles. The fraction of sp³-hybridized carbons (Fsp3) is 0.769. The molecule has 19 heavy (non-hydrogen) atoms. The van der Waals surface area contributed by atoms with Gasteiger partial charge < -0.3 is 9.30 Å². The molecule has 3 N–H and O–H groups in total. The third-order valence-electron chi connectivity index (χ3n) is 3.83. The normalized spacial score (nSPS) is 22.6. The Morgan fingerprint density at radius 2 is 2.37 bits per heavy atom. The lowest BCUT2D eigenvalue weighted by atomic mass is 10.1. The van der Waals surface area contributed by atoms with Crippen LogP contribution in [0.1, 0.15) is 19.7 Å². The molecule has 0 aromatic carbocycles. The van der Waals surface area contributed by atoms with Crippen molar-refractivity contribution in [3.05, 3.63) is 18.2 Å². The molecule has 0 bridgehead atoms. The zero-order chi connectivity index (χ0) is 13.7. The van der Waals surface area contributed by atoms with Crippen LogP contribution >= 0.6 is 0 Å². The van der Waals surface area contributed by atoms with Crippen LogP contribution in [0, 0.1) is 0 Å². The fourth-order valence-electron chi connectivity index (χ4n) is 2.57. The van der Waals surface area contributed by atoms with Crippen molar-refractivity contribution in [2.45, 2.75) is 39.0 Å². The van der Waals surface area contributed by atoms with Crippen LogP contribution in [0.4, 0.5) is 0 Å². The highest BCUT2D eigenvalue weighted by Crippen LogP contribution is 2.12. The monoisotopic (exact) mass is 267 g/mol. The first-order valence-electron chi connectivity index (χ1n) is 7.08. The second kappa shape index (κ2) is 7.00. The van der Waals surface area contributed by atoms with Crippen LogP contribution < -0.4 is 11.3 Å². The summed E-state index contributed by atoms with van der Waals surface area (Å²) >= 11 is 0. The second-order valence-electron chi connectivity index (χ2n) is 4.91. The predicted molar refractivity (Wildman–Crippen MR) is 74.6 cm³/mol. The molecule has 2 atom stereocenters. The zero-order valence-corrected chi connectivity index (χ0v) is 11.9. The first-order valence-corrected chi connectivity index (χ1v) is 7.08. The van der Waals surface area contributed by atoms with E-state index >= 15 is 0 Å². The molecular formula is C13H25N5O. The van der Waals surface area contributed by atoms with Gasteiger partial charge in [0, 0.05) is 38.4 Å². The van der Waals surface area contributed by atoms with Crippen molar-refractivity contribution < 1.29 is 4.74 Å². The number of aryl methyl sites for hydroxylation is 1. The van der Waals surface area contributed by atoms with Gasteiger partial charge in [0.25, 0.3) is 0 Å². The third-order valence-corrected chi connectivity index (χ3v) is 3.83. The van der Waals surface area contributed by atoms with Crippen molar-refractivity contribution in [3.63, 3.8) is 0 Å². The number of hydrogen-bond acceptors (Lipinski definition) is 5. The molecule has 1 aliphatic rings. The van der Waals surface area contributed by atoms with Gasteiger partial charge in [-0.15, -0.1) is 0 Å². The summed E-state index contributed by atoms with van der Waals surface area (Å²) in [7, 11) is 0. The summed E-state index contributed by atoms with van der Waals surface area (Å²) in [5, 5.41) is 0. The van der Waals surface area contributed by atoms with Crippen LogP contribution in [0.5, 0.6) is 0 Å². The van der Waals surface area contributed by atoms with E-state index < -0.39 is 0 Å². The van der Waals surface area contributed by atoms with Crippen LogP contribution in [0.3, 0.4) is 0 Å². The molecule has 1 fully saturated rings. The topological polar surface area (TPSA) is 68.3 Å². The first kappa shape index (κ1) is 14.5. The predicted octanol–water partition coefficient (Wildman–Crippen LogP) is -0.00190. The number of hydrazine groups is 1. The second-order valence-corrected chi connectivity index (χ2v) is 4.91. The van der Waals surface area contributed by atoms with Crippen LogP contribution in [-0.2, 0) is 17.7 Å². The van der Waals surface area contributed by atoms with Gasteiger partial charge in [-0.1, -0.05) is 6.92 Å². The summed E-state index contributed by atoms with van der Waals surface area (Å²) in [6.45, 7) is 8.99. The number of nitrogens with zero attached hydrogens (tertiary/aromatic N) is 3. The smallest absolute Gasteiger partial charge is 0.110 e. The third kappa shape index (κ3) is 3.54. The summed E-state index contributed by atoms with van der Waals surface area (Å²) < 4.78 is 8.01. The first-order chi connectivity index (χ1) is 9.28. The van der Waals surface area contributed by atoms with Crippen molar-refractivity contribution in [1.29, 1.82) is 0 Å². The van der Waals surface area contributed by atoms with Gasteiger partial charge >= 0.3 is 0 Å². The Morgan fingerprint density at radius 3 is 3.05 bits per heavy atom. The van der Waals surface area contributed by atoms with Crippen molar-refractivity contribution in [2.75, 3.05) is 26.2 Å². The van der Waals surface area contributed by atoms with Gasteiger partial charge in [0.2, 0.25) is 0 Å². The molecule has 2 heterocycles. The van der Waals surface area contributed by atoms with Gasteiger partial charge in [0.15, 0.2) is 0 Å². The van der Waals surface area contributed by atoms with E-state index in [0.29, 0.717) is 0 Å². The lowest BCUT2D eigenvalue weighted by molar-refractivity contribution is -0.0451. The maximum absolute atomic E-state index is 5.86. The zero-order valence-electron chi connectivity index (χ0n) is 11.9. The Hall–Kier alpha value is -0.950. The molecule has 1 saturated heterocycles. The molecule has 0 radical (unpaired) electrons. The molecule has 1 aromatic heterocycles. The SMILES string of the molecule is CCN1CCOC(C(Cc2nccn2CC)NN)C1. The number of likely N-dealkylation sites (N-methyl/N-ethyl adjacent to an activating group) is 1. The maximum atomic E-state index is 5.86. The van der Waals surface area contributed by atoms with E-state index in [1.54, 1.807) is 0 Å². The molecule has 0 amide bonds. The van der Waals surface area contributed by atoms with Crippen LogP contribution in [0.15, 0.2) is 12.4 Å². The lowest BCUT2D eigenvalue weighted by Gasteiger charge is -2.36. The van der Waals surface area contributed by atoms with E-state index in [0.717, 1.165) is 45.0 Å². The number of nitrogens with one attached hydrogen (secondary N) is 1. The standard InChI is InChI=1S/C13H25N5O/c1-3-17-7-8-19-12(10-17)11(16-14)9-13-15-5-6-18(13)4-2/h5-6,11-12,16H,3-4,7-10,14H2,1-2H3. The van der Waals surface area contributed by atoms with E-state index in [1.165, 1.54) is 0 Å². The number of rotatable bonds is 6. The number of ether oxygens (including phenoxy) is 1. The van der Waals surface area contributed by atoms with Gasteiger partial charge in [0.05, 0.1) is 18.8 Å². The fourth-order valence-corrected chi connectivity index (χ4v) is 2.57. The molecule has 2 rings (SSSR count). The van der Waals surface area contributed by atoms with E-state index in [9.17, 15) is 0 Å². The van der Waals surface area contributed by atoms with Gasteiger partial charge in [-0.2, -0.15) is 0 Å². The minimum absolute atomic E-state index is 0.0991. The van der Waals surface area contributed by atoms with Crippen molar-refractivity contribution in [2.24, 2.45) is 5.84 Å². The van der Waals surface area contributed by atoms with Gasteiger partial charge in [0.1, 0.15) is 5.82 Å². The Kier molecular flexibility index (Phi) is 5.33. The van der Waals surface area contributed by atoms with Gasteiger partial charge in [-0.25, -0.2) is 4.98 Å². The molecule has 1 aromatic rings. The largest absolute Gasteiger partial charge is 0.374 e. The van der Waals surface area contributed by atoms with Crippen molar-refractivity contribution in [1.82, 2.24) is 19.9 Å². The molecule has 108 valence electrons. The minimum atomic E-state index is 0.0991. The summed E-state index contributed by atoms with van der Waals surface area (Å²) in [6, 6.07) is 0.0991. The number of aromatic nitrogens is 2. The highest BCUT2D eigenvalue weighted by atomic mass is 16.5. The van der Waals surface area contributed by atoms with Crippen LogP contribution in [0.25, 0.3) is 0 Å². The number of morpholine rings is 1. The molecule has 6 nitrogen and oxygen atoms in total. The molecule has 6 heteroatoms. The van der Waals surface area contributed by atoms with E-state index in [1.807, 2.05) is 12.4 Å². The molecular weight excluding hydrogens is 242 g/mol. The Bertz CT molecular complexity index is 381. The number of nitrogens with two attached hydrogens (primary N) is 1. The lowest BCUT2D eigenvalue weighted by Crippen LogP contribution is -2.55. The Morgan fingerprint density at radius 1 is 1.53 bits per heavy atom.